The first-order valence-corrected chi connectivity index (χ1v) is 5.19. The van der Waals surface area contributed by atoms with Crippen LogP contribution in [0, 0.1) is 0 Å². The lowest BCUT2D eigenvalue weighted by Crippen LogP contribution is -2.10. The first-order valence-electron chi connectivity index (χ1n) is 5.19. The van der Waals surface area contributed by atoms with Crippen molar-refractivity contribution in [2.75, 3.05) is 0 Å². The highest BCUT2D eigenvalue weighted by atomic mass is 16.5. The molecule has 80 valence electrons. The predicted octanol–water partition coefficient (Wildman–Crippen LogP) is 2.03. The number of hydrogen-bond donors (Lipinski definition) is 1. The largest absolute Gasteiger partial charge is 0.490 e. The molecule has 1 aromatic rings. The molecule has 0 bridgehead atoms. The molecule has 3 heteroatoms. The first kappa shape index (κ1) is 10.0. The Bertz CT molecular complexity index is 384. The van der Waals surface area contributed by atoms with Crippen LogP contribution in [0.3, 0.4) is 0 Å². The molecule has 0 radical (unpaired) electrons. The number of ether oxygens (including phenoxy) is 1. The lowest BCUT2D eigenvalue weighted by atomic mass is 10.0. The van der Waals surface area contributed by atoms with E-state index in [1.807, 2.05) is 18.2 Å². The van der Waals surface area contributed by atoms with Crippen LogP contribution in [0.5, 0.6) is 5.75 Å². The number of aliphatic carboxylic acids is 1. The topological polar surface area (TPSA) is 46.5 Å². The van der Waals surface area contributed by atoms with Gasteiger partial charge in [-0.25, -0.2) is 0 Å². The molecule has 1 aromatic carbocycles. The van der Waals surface area contributed by atoms with Crippen LogP contribution in [-0.4, -0.2) is 17.2 Å². The SMILES string of the molecule is CC[C@H]1Cc2cc(CC(=O)O)ccc2O1. The summed E-state index contributed by atoms with van der Waals surface area (Å²) in [7, 11) is 0. The molecule has 0 fully saturated rings. The van der Waals surface area contributed by atoms with Crippen LogP contribution in [0.25, 0.3) is 0 Å². The van der Waals surface area contributed by atoms with E-state index >= 15 is 0 Å². The van der Waals surface area contributed by atoms with Crippen molar-refractivity contribution in [1.82, 2.24) is 0 Å². The first-order chi connectivity index (χ1) is 7.19. The van der Waals surface area contributed by atoms with Gasteiger partial charge in [-0.15, -0.1) is 0 Å². The molecule has 0 saturated heterocycles. The number of rotatable bonds is 3. The maximum absolute atomic E-state index is 10.6. The molecule has 15 heavy (non-hydrogen) atoms. The van der Waals surface area contributed by atoms with Crippen LogP contribution in [0.15, 0.2) is 18.2 Å². The fourth-order valence-electron chi connectivity index (χ4n) is 1.89. The number of fused-ring (bicyclic) bond motifs is 1. The van der Waals surface area contributed by atoms with Crippen LogP contribution in [-0.2, 0) is 17.6 Å². The van der Waals surface area contributed by atoms with Crippen LogP contribution < -0.4 is 4.74 Å². The Labute approximate surface area is 88.7 Å². The van der Waals surface area contributed by atoms with Gasteiger partial charge in [-0.2, -0.15) is 0 Å². The minimum absolute atomic E-state index is 0.0874. The Balaban J connectivity index is 2.18. The number of hydrogen-bond acceptors (Lipinski definition) is 2. The third-order valence-corrected chi connectivity index (χ3v) is 2.68. The van der Waals surface area contributed by atoms with Crippen molar-refractivity contribution in [3.63, 3.8) is 0 Å². The molecule has 0 aromatic heterocycles. The van der Waals surface area contributed by atoms with Crippen molar-refractivity contribution >= 4 is 5.97 Å². The molecule has 1 heterocycles. The molecule has 0 unspecified atom stereocenters. The summed E-state index contributed by atoms with van der Waals surface area (Å²) >= 11 is 0. The molecule has 3 nitrogen and oxygen atoms in total. The normalized spacial score (nSPS) is 18.3. The summed E-state index contributed by atoms with van der Waals surface area (Å²) in [5.41, 5.74) is 1.99. The molecule has 1 aliphatic heterocycles. The van der Waals surface area contributed by atoms with Gasteiger partial charge in [0, 0.05) is 6.42 Å². The second-order valence-electron chi connectivity index (χ2n) is 3.86. The molecular weight excluding hydrogens is 192 g/mol. The van der Waals surface area contributed by atoms with Gasteiger partial charge in [-0.1, -0.05) is 19.1 Å². The van der Waals surface area contributed by atoms with E-state index < -0.39 is 5.97 Å². The third-order valence-electron chi connectivity index (χ3n) is 2.68. The quantitative estimate of drug-likeness (QED) is 0.823. The number of carboxylic acids is 1. The molecular formula is C12H14O3. The van der Waals surface area contributed by atoms with Crippen LogP contribution in [0.1, 0.15) is 24.5 Å². The Hall–Kier alpha value is -1.51. The number of carbonyl (C=O) groups is 1. The van der Waals surface area contributed by atoms with Crippen molar-refractivity contribution in [3.8, 4) is 5.75 Å². The smallest absolute Gasteiger partial charge is 0.307 e. The van der Waals surface area contributed by atoms with Gasteiger partial charge in [0.1, 0.15) is 11.9 Å². The second kappa shape index (κ2) is 3.93. The van der Waals surface area contributed by atoms with Gasteiger partial charge in [0.05, 0.1) is 6.42 Å². The lowest BCUT2D eigenvalue weighted by molar-refractivity contribution is -0.136. The van der Waals surface area contributed by atoms with Crippen LogP contribution in [0.2, 0.25) is 0 Å². The molecule has 1 aliphatic rings. The molecule has 1 N–H and O–H groups in total. The Morgan fingerprint density at radius 3 is 3.07 bits per heavy atom. The van der Waals surface area contributed by atoms with Gasteiger partial charge >= 0.3 is 5.97 Å². The molecule has 0 saturated carbocycles. The molecule has 0 aliphatic carbocycles. The predicted molar refractivity (Wildman–Crippen MR) is 56.2 cm³/mol. The highest BCUT2D eigenvalue weighted by Gasteiger charge is 2.21. The summed E-state index contributed by atoms with van der Waals surface area (Å²) in [5, 5.41) is 8.68. The van der Waals surface area contributed by atoms with E-state index in [2.05, 4.69) is 6.92 Å². The Kier molecular flexibility index (Phi) is 2.62. The summed E-state index contributed by atoms with van der Waals surface area (Å²) in [4.78, 5) is 10.6. The van der Waals surface area contributed by atoms with E-state index in [4.69, 9.17) is 9.84 Å². The summed E-state index contributed by atoms with van der Waals surface area (Å²) in [6, 6.07) is 5.65. The zero-order chi connectivity index (χ0) is 10.8. The van der Waals surface area contributed by atoms with E-state index in [0.717, 1.165) is 29.7 Å². The van der Waals surface area contributed by atoms with E-state index in [-0.39, 0.29) is 12.5 Å². The van der Waals surface area contributed by atoms with Crippen molar-refractivity contribution in [1.29, 1.82) is 0 Å². The van der Waals surface area contributed by atoms with Gasteiger partial charge in [0.15, 0.2) is 0 Å². The van der Waals surface area contributed by atoms with Gasteiger partial charge < -0.3 is 9.84 Å². The molecule has 0 amide bonds. The zero-order valence-electron chi connectivity index (χ0n) is 8.69. The summed E-state index contributed by atoms with van der Waals surface area (Å²) in [6.07, 6.45) is 2.24. The maximum atomic E-state index is 10.6. The van der Waals surface area contributed by atoms with Gasteiger partial charge in [-0.05, 0) is 23.6 Å². The zero-order valence-corrected chi connectivity index (χ0v) is 8.69. The lowest BCUT2D eigenvalue weighted by Gasteiger charge is -2.05. The summed E-state index contributed by atoms with van der Waals surface area (Å²) in [5.74, 6) is 0.122. The minimum Gasteiger partial charge on any atom is -0.490 e. The highest BCUT2D eigenvalue weighted by molar-refractivity contribution is 5.70. The monoisotopic (exact) mass is 206 g/mol. The minimum atomic E-state index is -0.791. The second-order valence-corrected chi connectivity index (χ2v) is 3.86. The standard InChI is InChI=1S/C12H14O3/c1-2-10-7-9-5-8(6-12(13)14)3-4-11(9)15-10/h3-5,10H,2,6-7H2,1H3,(H,13,14)/t10-/m0/s1. The van der Waals surface area contributed by atoms with Crippen molar-refractivity contribution in [3.05, 3.63) is 29.3 Å². The summed E-state index contributed by atoms with van der Waals surface area (Å²) in [6.45, 7) is 2.09. The Morgan fingerprint density at radius 2 is 2.40 bits per heavy atom. The van der Waals surface area contributed by atoms with Crippen LogP contribution in [0.4, 0.5) is 0 Å². The van der Waals surface area contributed by atoms with Gasteiger partial charge in [0.25, 0.3) is 0 Å². The van der Waals surface area contributed by atoms with E-state index in [1.165, 1.54) is 0 Å². The fourth-order valence-corrected chi connectivity index (χ4v) is 1.89. The molecule has 2 rings (SSSR count). The van der Waals surface area contributed by atoms with Crippen molar-refractivity contribution < 1.29 is 14.6 Å². The van der Waals surface area contributed by atoms with Gasteiger partial charge in [-0.3, -0.25) is 4.79 Å². The third kappa shape index (κ3) is 2.12. The highest BCUT2D eigenvalue weighted by Crippen LogP contribution is 2.30. The molecule has 0 spiro atoms. The number of benzene rings is 1. The maximum Gasteiger partial charge on any atom is 0.307 e. The van der Waals surface area contributed by atoms with E-state index in [9.17, 15) is 4.79 Å². The van der Waals surface area contributed by atoms with E-state index in [1.54, 1.807) is 0 Å². The number of carboxylic acid groups (broad SMARTS) is 1. The average molecular weight is 206 g/mol. The molecule has 1 atom stereocenters. The summed E-state index contributed by atoms with van der Waals surface area (Å²) < 4.78 is 5.67. The fraction of sp³-hybridized carbons (Fsp3) is 0.417. The Morgan fingerprint density at radius 1 is 1.60 bits per heavy atom. The van der Waals surface area contributed by atoms with Crippen LogP contribution >= 0.6 is 0 Å². The van der Waals surface area contributed by atoms with E-state index in [0.29, 0.717) is 0 Å². The van der Waals surface area contributed by atoms with Crippen molar-refractivity contribution in [2.24, 2.45) is 0 Å². The van der Waals surface area contributed by atoms with Crippen molar-refractivity contribution in [2.45, 2.75) is 32.3 Å². The average Bonchev–Trinajstić information content (AvgIpc) is 2.58. The van der Waals surface area contributed by atoms with Gasteiger partial charge in [0.2, 0.25) is 0 Å².